The number of halogens is 1. The van der Waals surface area contributed by atoms with Crippen LogP contribution in [0.5, 0.6) is 0 Å². The number of carbonyl (C=O) groups excluding carboxylic acids is 2. The van der Waals surface area contributed by atoms with Crippen molar-refractivity contribution in [3.63, 3.8) is 0 Å². The Hall–Kier alpha value is -1.49. The van der Waals surface area contributed by atoms with E-state index in [9.17, 15) is 9.59 Å². The summed E-state index contributed by atoms with van der Waals surface area (Å²) in [5.41, 5.74) is 3.51. The molecule has 0 saturated heterocycles. The number of benzene rings is 1. The monoisotopic (exact) mass is 296 g/mol. The fourth-order valence-corrected chi connectivity index (χ4v) is 1.48. The third-order valence-electron chi connectivity index (χ3n) is 1.96. The Morgan fingerprint density at radius 2 is 1.82 bits per heavy atom. The van der Waals surface area contributed by atoms with E-state index in [1.807, 2.05) is 0 Å². The molecule has 0 bridgehead atoms. The van der Waals surface area contributed by atoms with Crippen LogP contribution in [0.1, 0.15) is 30.6 Å². The molecule has 0 aliphatic heterocycles. The van der Waals surface area contributed by atoms with Crippen molar-refractivity contribution in [2.24, 2.45) is 5.10 Å². The summed E-state index contributed by atoms with van der Waals surface area (Å²) in [7, 11) is 0. The van der Waals surface area contributed by atoms with Crippen LogP contribution in [0.2, 0.25) is 0 Å². The van der Waals surface area contributed by atoms with Gasteiger partial charge in [0.2, 0.25) is 0 Å². The Kier molecular flexibility index (Phi) is 5.03. The predicted molar refractivity (Wildman–Crippen MR) is 70.0 cm³/mol. The van der Waals surface area contributed by atoms with Crippen LogP contribution in [0.25, 0.3) is 0 Å². The van der Waals surface area contributed by atoms with Gasteiger partial charge in [0.25, 0.3) is 5.91 Å². The minimum Gasteiger partial charge on any atom is -0.300 e. The lowest BCUT2D eigenvalue weighted by Gasteiger charge is -2.01. The molecule has 0 saturated carbocycles. The third-order valence-corrected chi connectivity index (χ3v) is 2.49. The molecule has 1 aromatic rings. The molecule has 0 heterocycles. The number of nitrogens with zero attached hydrogens (tertiary/aromatic N) is 1. The van der Waals surface area contributed by atoms with E-state index >= 15 is 0 Å². The third kappa shape index (κ3) is 4.91. The SMILES string of the molecule is CC(=O)CC(C)=NNC(=O)c1ccc(Br)cc1. The minimum atomic E-state index is -0.291. The zero-order valence-electron chi connectivity index (χ0n) is 9.66. The number of hydrogen-bond donors (Lipinski definition) is 1. The van der Waals surface area contributed by atoms with Crippen LogP contribution in [0, 0.1) is 0 Å². The molecule has 0 spiro atoms. The van der Waals surface area contributed by atoms with E-state index in [0.717, 1.165) is 4.47 Å². The van der Waals surface area contributed by atoms with Crippen molar-refractivity contribution >= 4 is 33.3 Å². The maximum Gasteiger partial charge on any atom is 0.271 e. The average Bonchev–Trinajstić information content (AvgIpc) is 2.26. The Bertz CT molecular complexity index is 452. The highest BCUT2D eigenvalue weighted by Crippen LogP contribution is 2.10. The molecular formula is C12H13BrN2O2. The molecule has 90 valence electrons. The molecule has 1 aromatic carbocycles. The first kappa shape index (κ1) is 13.6. The second-order valence-corrected chi connectivity index (χ2v) is 4.59. The fraction of sp³-hybridized carbons (Fsp3) is 0.250. The number of amides is 1. The maximum atomic E-state index is 11.6. The van der Waals surface area contributed by atoms with Crippen LogP contribution in [0.15, 0.2) is 33.8 Å². The van der Waals surface area contributed by atoms with Gasteiger partial charge in [-0.05, 0) is 38.1 Å². The van der Waals surface area contributed by atoms with Crippen LogP contribution in [-0.4, -0.2) is 17.4 Å². The van der Waals surface area contributed by atoms with Crippen LogP contribution in [0.3, 0.4) is 0 Å². The lowest BCUT2D eigenvalue weighted by Crippen LogP contribution is -2.19. The predicted octanol–water partition coefficient (Wildman–Crippen LogP) is 2.53. The Labute approximate surface area is 108 Å². The van der Waals surface area contributed by atoms with Crippen LogP contribution < -0.4 is 5.43 Å². The van der Waals surface area contributed by atoms with Gasteiger partial charge in [-0.25, -0.2) is 5.43 Å². The summed E-state index contributed by atoms with van der Waals surface area (Å²) in [5, 5.41) is 3.85. The molecule has 0 aromatic heterocycles. The number of rotatable bonds is 4. The van der Waals surface area contributed by atoms with Crippen molar-refractivity contribution in [3.8, 4) is 0 Å². The van der Waals surface area contributed by atoms with E-state index in [-0.39, 0.29) is 18.1 Å². The van der Waals surface area contributed by atoms with Crippen LogP contribution in [0.4, 0.5) is 0 Å². The second-order valence-electron chi connectivity index (χ2n) is 3.67. The van der Waals surface area contributed by atoms with E-state index in [2.05, 4.69) is 26.5 Å². The number of hydrazone groups is 1. The van der Waals surface area contributed by atoms with Crippen molar-refractivity contribution in [2.75, 3.05) is 0 Å². The van der Waals surface area contributed by atoms with Crippen molar-refractivity contribution in [2.45, 2.75) is 20.3 Å². The topological polar surface area (TPSA) is 58.5 Å². The number of ketones is 1. The molecule has 0 atom stereocenters. The molecular weight excluding hydrogens is 284 g/mol. The summed E-state index contributed by atoms with van der Waals surface area (Å²) in [6.07, 6.45) is 0.251. The van der Waals surface area contributed by atoms with E-state index in [1.165, 1.54) is 6.92 Å². The van der Waals surface area contributed by atoms with E-state index in [0.29, 0.717) is 11.3 Å². The summed E-state index contributed by atoms with van der Waals surface area (Å²) >= 11 is 3.29. The van der Waals surface area contributed by atoms with Gasteiger partial charge in [0.1, 0.15) is 5.78 Å². The average molecular weight is 297 g/mol. The van der Waals surface area contributed by atoms with E-state index < -0.39 is 0 Å². The zero-order valence-corrected chi connectivity index (χ0v) is 11.2. The molecule has 17 heavy (non-hydrogen) atoms. The van der Waals surface area contributed by atoms with Crippen LogP contribution in [-0.2, 0) is 4.79 Å². The Balaban J connectivity index is 2.61. The number of Topliss-reactive ketones (excluding diaryl/α,β-unsaturated/α-hetero) is 1. The number of nitrogens with one attached hydrogen (secondary N) is 1. The van der Waals surface area contributed by atoms with Crippen LogP contribution >= 0.6 is 15.9 Å². The second kappa shape index (κ2) is 6.30. The molecule has 0 aliphatic rings. The summed E-state index contributed by atoms with van der Waals surface area (Å²) in [5.74, 6) is -0.274. The Morgan fingerprint density at radius 3 is 2.35 bits per heavy atom. The molecule has 1 rings (SSSR count). The van der Waals surface area contributed by atoms with Crippen molar-refractivity contribution in [1.29, 1.82) is 0 Å². The smallest absolute Gasteiger partial charge is 0.271 e. The van der Waals surface area contributed by atoms with Crippen molar-refractivity contribution < 1.29 is 9.59 Å². The molecule has 0 fully saturated rings. The van der Waals surface area contributed by atoms with Gasteiger partial charge in [-0.3, -0.25) is 9.59 Å². The number of hydrogen-bond acceptors (Lipinski definition) is 3. The Morgan fingerprint density at radius 1 is 1.24 bits per heavy atom. The molecule has 4 nitrogen and oxygen atoms in total. The van der Waals surface area contributed by atoms with E-state index in [4.69, 9.17) is 0 Å². The molecule has 0 radical (unpaired) electrons. The van der Waals surface area contributed by atoms with Gasteiger partial charge in [0, 0.05) is 22.2 Å². The van der Waals surface area contributed by atoms with Gasteiger partial charge < -0.3 is 0 Å². The summed E-state index contributed by atoms with van der Waals surface area (Å²) < 4.78 is 0.908. The normalized spacial score (nSPS) is 11.1. The maximum absolute atomic E-state index is 11.6. The molecule has 5 heteroatoms. The highest BCUT2D eigenvalue weighted by Gasteiger charge is 2.04. The van der Waals surface area contributed by atoms with Gasteiger partial charge in [-0.15, -0.1) is 0 Å². The molecule has 0 unspecified atom stereocenters. The van der Waals surface area contributed by atoms with Crippen molar-refractivity contribution in [3.05, 3.63) is 34.3 Å². The number of carbonyl (C=O) groups is 2. The first-order valence-corrected chi connectivity index (χ1v) is 5.87. The van der Waals surface area contributed by atoms with Gasteiger partial charge >= 0.3 is 0 Å². The molecule has 1 N–H and O–H groups in total. The summed E-state index contributed by atoms with van der Waals surface area (Å²) in [4.78, 5) is 22.4. The first-order valence-electron chi connectivity index (χ1n) is 5.07. The quantitative estimate of drug-likeness (QED) is 0.686. The molecule has 1 amide bonds. The first-order chi connectivity index (χ1) is 7.99. The zero-order chi connectivity index (χ0) is 12.8. The highest BCUT2D eigenvalue weighted by atomic mass is 79.9. The lowest BCUT2D eigenvalue weighted by atomic mass is 10.2. The van der Waals surface area contributed by atoms with Gasteiger partial charge in [-0.1, -0.05) is 15.9 Å². The highest BCUT2D eigenvalue weighted by molar-refractivity contribution is 9.10. The largest absolute Gasteiger partial charge is 0.300 e. The minimum absolute atomic E-state index is 0.0177. The standard InChI is InChI=1S/C12H13BrN2O2/c1-8(7-9(2)16)14-15-12(17)10-3-5-11(13)6-4-10/h3-6H,7H2,1-2H3,(H,15,17). The fourth-order valence-electron chi connectivity index (χ4n) is 1.21. The van der Waals surface area contributed by atoms with Crippen molar-refractivity contribution in [1.82, 2.24) is 5.43 Å². The summed E-state index contributed by atoms with van der Waals surface area (Å²) in [6, 6.07) is 6.94. The molecule has 0 aliphatic carbocycles. The lowest BCUT2D eigenvalue weighted by molar-refractivity contribution is -0.115. The summed E-state index contributed by atoms with van der Waals surface area (Å²) in [6.45, 7) is 3.18. The van der Waals surface area contributed by atoms with E-state index in [1.54, 1.807) is 31.2 Å². The van der Waals surface area contributed by atoms with Gasteiger partial charge in [-0.2, -0.15) is 5.10 Å². The van der Waals surface area contributed by atoms with Gasteiger partial charge in [0.05, 0.1) is 0 Å². The van der Waals surface area contributed by atoms with Gasteiger partial charge in [0.15, 0.2) is 0 Å².